The van der Waals surface area contributed by atoms with Gasteiger partial charge in [-0.25, -0.2) is 9.37 Å². The lowest BCUT2D eigenvalue weighted by molar-refractivity contribution is -0.145. The second-order valence-electron chi connectivity index (χ2n) is 4.92. The molecule has 0 aliphatic carbocycles. The molecule has 0 spiro atoms. The van der Waals surface area contributed by atoms with E-state index in [2.05, 4.69) is 4.98 Å². The van der Waals surface area contributed by atoms with Crippen LogP contribution in [0.1, 0.15) is 5.56 Å². The van der Waals surface area contributed by atoms with Gasteiger partial charge in [-0.3, -0.25) is 14.2 Å². The van der Waals surface area contributed by atoms with Gasteiger partial charge in [-0.15, -0.1) is 0 Å². The van der Waals surface area contributed by atoms with Gasteiger partial charge in [-0.05, 0) is 18.2 Å². The summed E-state index contributed by atoms with van der Waals surface area (Å²) in [7, 11) is 0. The number of ether oxygens (including phenoxy) is 1. The minimum atomic E-state index is -0.619. The topological polar surface area (TPSA) is 61.2 Å². The SMILES string of the molecule is O=C(Cn1c(=O)cnc2ccccc21)OCc1ccccc1F. The highest BCUT2D eigenvalue weighted by Gasteiger charge is 2.11. The fourth-order valence-electron chi connectivity index (χ4n) is 2.23. The summed E-state index contributed by atoms with van der Waals surface area (Å²) < 4.78 is 19.8. The fraction of sp³-hybridized carbons (Fsp3) is 0.118. The Bertz CT molecular complexity index is 921. The predicted octanol–water partition coefficient (Wildman–Crippen LogP) is 2.28. The molecule has 0 bridgehead atoms. The lowest BCUT2D eigenvalue weighted by atomic mass is 10.2. The van der Waals surface area contributed by atoms with Crippen molar-refractivity contribution in [3.63, 3.8) is 0 Å². The molecule has 0 radical (unpaired) electrons. The highest BCUT2D eigenvalue weighted by molar-refractivity contribution is 5.77. The van der Waals surface area contributed by atoms with Crippen LogP contribution in [0.5, 0.6) is 0 Å². The number of hydrogen-bond acceptors (Lipinski definition) is 4. The first-order valence-corrected chi connectivity index (χ1v) is 6.99. The van der Waals surface area contributed by atoms with E-state index < -0.39 is 17.3 Å². The monoisotopic (exact) mass is 312 g/mol. The number of carbonyl (C=O) groups excluding carboxylic acids is 1. The van der Waals surface area contributed by atoms with Crippen molar-refractivity contribution in [1.29, 1.82) is 0 Å². The normalized spacial score (nSPS) is 10.7. The minimum Gasteiger partial charge on any atom is -0.459 e. The fourth-order valence-corrected chi connectivity index (χ4v) is 2.23. The molecule has 3 aromatic rings. The van der Waals surface area contributed by atoms with Gasteiger partial charge in [-0.2, -0.15) is 0 Å². The van der Waals surface area contributed by atoms with E-state index in [0.29, 0.717) is 11.0 Å². The molecule has 0 atom stereocenters. The summed E-state index contributed by atoms with van der Waals surface area (Å²) in [5.74, 6) is -1.06. The number of carbonyl (C=O) groups is 1. The molecule has 3 rings (SSSR count). The van der Waals surface area contributed by atoms with E-state index in [-0.39, 0.29) is 18.7 Å². The molecule has 1 aromatic heterocycles. The number of nitrogens with zero attached hydrogens (tertiary/aromatic N) is 2. The summed E-state index contributed by atoms with van der Waals surface area (Å²) in [4.78, 5) is 27.9. The molecule has 5 nitrogen and oxygen atoms in total. The molecule has 0 saturated carbocycles. The van der Waals surface area contributed by atoms with Crippen molar-refractivity contribution in [2.24, 2.45) is 0 Å². The molecule has 0 aliphatic heterocycles. The molecule has 116 valence electrons. The Kier molecular flexibility index (Phi) is 4.14. The third-order valence-corrected chi connectivity index (χ3v) is 3.39. The molecule has 0 aliphatic rings. The van der Waals surface area contributed by atoms with Crippen LogP contribution in [-0.4, -0.2) is 15.5 Å². The van der Waals surface area contributed by atoms with Crippen molar-refractivity contribution in [2.45, 2.75) is 13.2 Å². The first kappa shape index (κ1) is 14.9. The summed E-state index contributed by atoms with van der Waals surface area (Å²) in [5, 5.41) is 0. The number of esters is 1. The third-order valence-electron chi connectivity index (χ3n) is 3.39. The molecule has 0 unspecified atom stereocenters. The summed E-state index contributed by atoms with van der Waals surface area (Å²) >= 11 is 0. The van der Waals surface area contributed by atoms with Crippen LogP contribution in [0.2, 0.25) is 0 Å². The van der Waals surface area contributed by atoms with Crippen molar-refractivity contribution in [1.82, 2.24) is 9.55 Å². The second kappa shape index (κ2) is 6.39. The van der Waals surface area contributed by atoms with Crippen molar-refractivity contribution in [3.8, 4) is 0 Å². The maximum atomic E-state index is 13.5. The molecule has 2 aromatic carbocycles. The van der Waals surface area contributed by atoms with E-state index >= 15 is 0 Å². The maximum Gasteiger partial charge on any atom is 0.326 e. The first-order chi connectivity index (χ1) is 11.1. The Morgan fingerprint density at radius 2 is 1.87 bits per heavy atom. The number of hydrogen-bond donors (Lipinski definition) is 0. The summed E-state index contributed by atoms with van der Waals surface area (Å²) in [6.45, 7) is -0.431. The van der Waals surface area contributed by atoms with E-state index in [1.54, 1.807) is 36.4 Å². The highest BCUT2D eigenvalue weighted by atomic mass is 19.1. The average Bonchev–Trinajstić information content (AvgIpc) is 2.57. The van der Waals surface area contributed by atoms with Gasteiger partial charge in [0.2, 0.25) is 0 Å². The van der Waals surface area contributed by atoms with Crippen LogP contribution in [0.25, 0.3) is 11.0 Å². The van der Waals surface area contributed by atoms with Crippen LogP contribution in [0.3, 0.4) is 0 Å². The van der Waals surface area contributed by atoms with Gasteiger partial charge in [0.15, 0.2) is 0 Å². The zero-order chi connectivity index (χ0) is 16.2. The van der Waals surface area contributed by atoms with Crippen LogP contribution >= 0.6 is 0 Å². The number of rotatable bonds is 4. The Labute approximate surface area is 131 Å². The molecule has 1 heterocycles. The Morgan fingerprint density at radius 3 is 2.70 bits per heavy atom. The number of para-hydroxylation sites is 2. The highest BCUT2D eigenvalue weighted by Crippen LogP contribution is 2.10. The number of benzene rings is 2. The number of fused-ring (bicyclic) bond motifs is 1. The van der Waals surface area contributed by atoms with E-state index in [9.17, 15) is 14.0 Å². The summed E-state index contributed by atoms with van der Waals surface area (Å²) in [6.07, 6.45) is 1.16. The van der Waals surface area contributed by atoms with Gasteiger partial charge in [-0.1, -0.05) is 30.3 Å². The zero-order valence-electron chi connectivity index (χ0n) is 12.1. The molecular weight excluding hydrogens is 299 g/mol. The Morgan fingerprint density at radius 1 is 1.13 bits per heavy atom. The quantitative estimate of drug-likeness (QED) is 0.693. The van der Waals surface area contributed by atoms with Crippen molar-refractivity contribution < 1.29 is 13.9 Å². The lowest BCUT2D eigenvalue weighted by Crippen LogP contribution is -2.25. The Hall–Kier alpha value is -3.02. The first-order valence-electron chi connectivity index (χ1n) is 6.99. The van der Waals surface area contributed by atoms with Crippen molar-refractivity contribution >= 4 is 17.0 Å². The zero-order valence-corrected chi connectivity index (χ0v) is 12.1. The maximum absolute atomic E-state index is 13.5. The van der Waals surface area contributed by atoms with Crippen LogP contribution in [-0.2, 0) is 22.7 Å². The second-order valence-corrected chi connectivity index (χ2v) is 4.92. The molecular formula is C17H13FN2O3. The van der Waals surface area contributed by atoms with Gasteiger partial charge in [0, 0.05) is 5.56 Å². The van der Waals surface area contributed by atoms with E-state index in [1.165, 1.54) is 16.7 Å². The molecule has 0 amide bonds. The van der Waals surface area contributed by atoms with Crippen LogP contribution in [0.4, 0.5) is 4.39 Å². The van der Waals surface area contributed by atoms with Gasteiger partial charge >= 0.3 is 5.97 Å². The summed E-state index contributed by atoms with van der Waals surface area (Å²) in [5.41, 5.74) is 1.04. The van der Waals surface area contributed by atoms with Gasteiger partial charge in [0.1, 0.15) is 19.0 Å². The average molecular weight is 312 g/mol. The van der Waals surface area contributed by atoms with Crippen LogP contribution in [0.15, 0.2) is 59.5 Å². The van der Waals surface area contributed by atoms with Crippen LogP contribution in [0, 0.1) is 5.82 Å². The third kappa shape index (κ3) is 3.26. The largest absolute Gasteiger partial charge is 0.459 e. The van der Waals surface area contributed by atoms with Crippen LogP contribution < -0.4 is 5.56 Å². The molecule has 0 N–H and O–H groups in total. The minimum absolute atomic E-state index is 0.177. The molecule has 0 fully saturated rings. The summed E-state index contributed by atoms with van der Waals surface area (Å²) in [6, 6.07) is 13.0. The predicted molar refractivity (Wildman–Crippen MR) is 82.2 cm³/mol. The Balaban J connectivity index is 1.77. The smallest absolute Gasteiger partial charge is 0.326 e. The number of aromatic nitrogens is 2. The van der Waals surface area contributed by atoms with E-state index in [1.807, 2.05) is 0 Å². The molecule has 23 heavy (non-hydrogen) atoms. The van der Waals surface area contributed by atoms with Crippen molar-refractivity contribution in [3.05, 3.63) is 76.5 Å². The standard InChI is InChI=1S/C17H13FN2O3/c18-13-6-2-1-5-12(13)11-23-17(22)10-20-15-8-4-3-7-14(15)19-9-16(20)21/h1-9H,10-11H2. The lowest BCUT2D eigenvalue weighted by Gasteiger charge is -2.10. The molecule has 6 heteroatoms. The van der Waals surface area contributed by atoms with Gasteiger partial charge in [0.05, 0.1) is 17.2 Å². The van der Waals surface area contributed by atoms with Crippen molar-refractivity contribution in [2.75, 3.05) is 0 Å². The number of halogens is 1. The molecule has 0 saturated heterocycles. The van der Waals surface area contributed by atoms with E-state index in [0.717, 1.165) is 6.20 Å². The van der Waals surface area contributed by atoms with Gasteiger partial charge in [0.25, 0.3) is 5.56 Å². The van der Waals surface area contributed by atoms with E-state index in [4.69, 9.17) is 4.74 Å². The van der Waals surface area contributed by atoms with Gasteiger partial charge < -0.3 is 4.74 Å².